The minimum absolute atomic E-state index is 0.0692. The van der Waals surface area contributed by atoms with E-state index in [-0.39, 0.29) is 12.1 Å². The minimum Gasteiger partial charge on any atom is -0.456 e. The molecule has 0 radical (unpaired) electrons. The number of carbonyl (C=O) groups is 1. The fourth-order valence-corrected chi connectivity index (χ4v) is 4.03. The third kappa shape index (κ3) is 6.67. The number of aromatic amines is 1. The van der Waals surface area contributed by atoms with Gasteiger partial charge in [0, 0.05) is 24.3 Å². The molecule has 1 aliphatic heterocycles. The number of benzene rings is 1. The molecule has 0 saturated carbocycles. The topological polar surface area (TPSA) is 79.9 Å². The number of aromatic nitrogens is 3. The number of hydrogen-bond acceptors (Lipinski definition) is 5. The van der Waals surface area contributed by atoms with E-state index >= 15 is 0 Å². The Morgan fingerprint density at radius 3 is 2.51 bits per heavy atom. The Bertz CT molecular complexity index is 1130. The first-order chi connectivity index (χ1) is 17.0. The number of carbonyl (C=O) groups excluding carboxylic acids is 1. The maximum atomic E-state index is 13.0. The Balaban J connectivity index is 0.000000623. The molecule has 4 rings (SSSR count). The van der Waals surface area contributed by atoms with Gasteiger partial charge < -0.3 is 15.0 Å². The summed E-state index contributed by atoms with van der Waals surface area (Å²) in [6.45, 7) is 13.9. The SMILES string of the molecule is C=Cc1cc(-c2nc[nH]c2-c2cccc(C)n2)cc(C(=O)OC2CNC2)c1CCC.CCCCC. The summed E-state index contributed by atoms with van der Waals surface area (Å²) in [6.07, 6.45) is 9.16. The lowest BCUT2D eigenvalue weighted by molar-refractivity contribution is 0.0168. The van der Waals surface area contributed by atoms with E-state index in [2.05, 4.69) is 47.6 Å². The summed E-state index contributed by atoms with van der Waals surface area (Å²) in [5.41, 5.74) is 6.63. The quantitative estimate of drug-likeness (QED) is 0.352. The van der Waals surface area contributed by atoms with E-state index in [9.17, 15) is 4.79 Å². The van der Waals surface area contributed by atoms with Gasteiger partial charge in [-0.25, -0.2) is 9.78 Å². The maximum Gasteiger partial charge on any atom is 0.338 e. The normalized spacial score (nSPS) is 12.9. The molecule has 6 nitrogen and oxygen atoms in total. The van der Waals surface area contributed by atoms with Crippen molar-refractivity contribution in [3.05, 3.63) is 65.6 Å². The van der Waals surface area contributed by atoms with Gasteiger partial charge in [-0.05, 0) is 48.7 Å². The van der Waals surface area contributed by atoms with Crippen molar-refractivity contribution in [2.24, 2.45) is 0 Å². The van der Waals surface area contributed by atoms with Crippen LogP contribution in [0.25, 0.3) is 28.7 Å². The Morgan fingerprint density at radius 2 is 1.94 bits per heavy atom. The zero-order valence-corrected chi connectivity index (χ0v) is 21.5. The van der Waals surface area contributed by atoms with Crippen molar-refractivity contribution in [1.82, 2.24) is 20.3 Å². The van der Waals surface area contributed by atoms with E-state index < -0.39 is 0 Å². The van der Waals surface area contributed by atoms with Gasteiger partial charge in [0.15, 0.2) is 0 Å². The number of nitrogens with zero attached hydrogens (tertiary/aromatic N) is 2. The molecule has 35 heavy (non-hydrogen) atoms. The monoisotopic (exact) mass is 474 g/mol. The van der Waals surface area contributed by atoms with Crippen LogP contribution >= 0.6 is 0 Å². The molecule has 0 unspecified atom stereocenters. The second kappa shape index (κ2) is 13.0. The van der Waals surface area contributed by atoms with E-state index in [1.165, 1.54) is 19.3 Å². The highest BCUT2D eigenvalue weighted by molar-refractivity contribution is 5.95. The average molecular weight is 475 g/mol. The Hall–Kier alpha value is -3.25. The van der Waals surface area contributed by atoms with Crippen LogP contribution in [0.2, 0.25) is 0 Å². The van der Waals surface area contributed by atoms with E-state index in [1.54, 1.807) is 12.4 Å². The van der Waals surface area contributed by atoms with Crippen molar-refractivity contribution in [3.8, 4) is 22.6 Å². The second-order valence-electron chi connectivity index (χ2n) is 8.88. The molecule has 1 aliphatic rings. The summed E-state index contributed by atoms with van der Waals surface area (Å²) in [4.78, 5) is 25.4. The predicted octanol–water partition coefficient (Wildman–Crippen LogP) is 6.37. The highest BCUT2D eigenvalue weighted by atomic mass is 16.5. The van der Waals surface area contributed by atoms with Gasteiger partial charge in [-0.15, -0.1) is 0 Å². The predicted molar refractivity (Wildman–Crippen MR) is 143 cm³/mol. The number of imidazole rings is 1. The van der Waals surface area contributed by atoms with Crippen LogP contribution in [-0.4, -0.2) is 40.1 Å². The van der Waals surface area contributed by atoms with Crippen molar-refractivity contribution in [3.63, 3.8) is 0 Å². The van der Waals surface area contributed by atoms with E-state index in [4.69, 9.17) is 4.74 Å². The summed E-state index contributed by atoms with van der Waals surface area (Å²) in [7, 11) is 0. The first kappa shape index (κ1) is 26.4. The molecule has 186 valence electrons. The highest BCUT2D eigenvalue weighted by Gasteiger charge is 2.25. The number of nitrogens with one attached hydrogen (secondary N) is 2. The molecule has 3 aromatic rings. The van der Waals surface area contributed by atoms with Gasteiger partial charge in [-0.3, -0.25) is 4.98 Å². The van der Waals surface area contributed by atoms with E-state index in [1.807, 2.05) is 37.3 Å². The molecule has 1 saturated heterocycles. The average Bonchev–Trinajstić information content (AvgIpc) is 3.32. The van der Waals surface area contributed by atoms with Gasteiger partial charge in [-0.1, -0.05) is 65.2 Å². The third-order valence-electron chi connectivity index (χ3n) is 6.01. The minimum atomic E-state index is -0.291. The van der Waals surface area contributed by atoms with Crippen molar-refractivity contribution in [2.75, 3.05) is 13.1 Å². The molecular formula is C29H38N4O2. The maximum absolute atomic E-state index is 13.0. The summed E-state index contributed by atoms with van der Waals surface area (Å²) < 4.78 is 5.69. The zero-order valence-electron chi connectivity index (χ0n) is 21.5. The van der Waals surface area contributed by atoms with Gasteiger partial charge in [0.25, 0.3) is 0 Å². The third-order valence-corrected chi connectivity index (χ3v) is 6.01. The van der Waals surface area contributed by atoms with Gasteiger partial charge >= 0.3 is 5.97 Å². The van der Waals surface area contributed by atoms with Crippen molar-refractivity contribution in [2.45, 2.75) is 65.9 Å². The Morgan fingerprint density at radius 1 is 1.17 bits per heavy atom. The second-order valence-corrected chi connectivity index (χ2v) is 8.88. The summed E-state index contributed by atoms with van der Waals surface area (Å²) in [6, 6.07) is 9.80. The standard InChI is InChI=1S/C24H26N4O2.C5H12/c1-4-7-19-16(5-2)10-17(11-20(19)24(29)30-18-12-25-13-18)22-23(27-14-26-22)21-9-6-8-15(3)28-21;1-3-5-4-2/h5-6,8-11,14,18,25H,2,4,7,12-13H2,1,3H3,(H,26,27);3-5H2,1-2H3. The van der Waals surface area contributed by atoms with Gasteiger partial charge in [0.2, 0.25) is 0 Å². The van der Waals surface area contributed by atoms with Gasteiger partial charge in [0.1, 0.15) is 6.10 Å². The lowest BCUT2D eigenvalue weighted by atomic mass is 9.92. The Labute approximate surface area is 209 Å². The number of aryl methyl sites for hydroxylation is 1. The number of esters is 1. The molecule has 1 aromatic carbocycles. The fraction of sp³-hybridized carbons (Fsp3) is 0.414. The van der Waals surface area contributed by atoms with Crippen LogP contribution in [0.1, 0.15) is 73.6 Å². The van der Waals surface area contributed by atoms with Crippen LogP contribution in [0.5, 0.6) is 0 Å². The summed E-state index contributed by atoms with van der Waals surface area (Å²) in [5.74, 6) is -0.291. The fourth-order valence-electron chi connectivity index (χ4n) is 4.03. The number of pyridine rings is 1. The van der Waals surface area contributed by atoms with E-state index in [0.717, 1.165) is 52.3 Å². The molecule has 0 spiro atoms. The smallest absolute Gasteiger partial charge is 0.338 e. The van der Waals surface area contributed by atoms with Crippen molar-refractivity contribution < 1.29 is 9.53 Å². The van der Waals surface area contributed by atoms with Crippen molar-refractivity contribution in [1.29, 1.82) is 0 Å². The van der Waals surface area contributed by atoms with Crippen LogP contribution in [0, 0.1) is 6.92 Å². The van der Waals surface area contributed by atoms with Gasteiger partial charge in [0.05, 0.1) is 29.0 Å². The van der Waals surface area contributed by atoms with Crippen molar-refractivity contribution >= 4 is 12.0 Å². The lowest BCUT2D eigenvalue weighted by Gasteiger charge is -2.27. The number of ether oxygens (including phenoxy) is 1. The molecule has 1 fully saturated rings. The van der Waals surface area contributed by atoms with E-state index in [0.29, 0.717) is 18.7 Å². The first-order valence-electron chi connectivity index (χ1n) is 12.7. The molecule has 0 aliphatic carbocycles. The number of hydrogen-bond donors (Lipinski definition) is 2. The number of H-pyrrole nitrogens is 1. The lowest BCUT2D eigenvalue weighted by Crippen LogP contribution is -2.49. The summed E-state index contributed by atoms with van der Waals surface area (Å²) >= 11 is 0. The molecule has 6 heteroatoms. The van der Waals surface area contributed by atoms with Crippen LogP contribution in [0.15, 0.2) is 43.2 Å². The zero-order chi connectivity index (χ0) is 25.2. The molecule has 2 aromatic heterocycles. The van der Waals surface area contributed by atoms with Crippen LogP contribution < -0.4 is 5.32 Å². The molecule has 0 atom stereocenters. The van der Waals surface area contributed by atoms with Crippen LogP contribution in [0.3, 0.4) is 0 Å². The molecule has 3 heterocycles. The Kier molecular flexibility index (Phi) is 9.79. The molecule has 0 amide bonds. The first-order valence-corrected chi connectivity index (χ1v) is 12.7. The largest absolute Gasteiger partial charge is 0.456 e. The van der Waals surface area contributed by atoms with Crippen LogP contribution in [-0.2, 0) is 11.2 Å². The molecular weight excluding hydrogens is 436 g/mol. The molecule has 2 N–H and O–H groups in total. The molecule has 0 bridgehead atoms. The van der Waals surface area contributed by atoms with Gasteiger partial charge in [-0.2, -0.15) is 0 Å². The highest BCUT2D eigenvalue weighted by Crippen LogP contribution is 2.32. The number of rotatable bonds is 9. The summed E-state index contributed by atoms with van der Waals surface area (Å²) in [5, 5.41) is 3.13. The number of unbranched alkanes of at least 4 members (excludes halogenated alkanes) is 2. The van der Waals surface area contributed by atoms with Crippen LogP contribution in [0.4, 0.5) is 0 Å².